The molecule has 126 valence electrons. The molecule has 1 aliphatic rings. The van der Waals surface area contributed by atoms with Gasteiger partial charge in [0, 0.05) is 36.8 Å². The van der Waals surface area contributed by atoms with E-state index < -0.39 is 0 Å². The molecule has 24 heavy (non-hydrogen) atoms. The number of nitrogens with zero attached hydrogens (tertiary/aromatic N) is 2. The van der Waals surface area contributed by atoms with Gasteiger partial charge in [0.25, 0.3) is 5.91 Å². The van der Waals surface area contributed by atoms with Gasteiger partial charge in [-0.15, -0.1) is 0 Å². The van der Waals surface area contributed by atoms with Gasteiger partial charge in [-0.2, -0.15) is 0 Å². The van der Waals surface area contributed by atoms with Gasteiger partial charge in [-0.3, -0.25) is 9.59 Å². The molecule has 2 heterocycles. The third-order valence-corrected chi connectivity index (χ3v) is 4.40. The van der Waals surface area contributed by atoms with Gasteiger partial charge in [0.05, 0.1) is 5.92 Å². The highest BCUT2D eigenvalue weighted by Gasteiger charge is 2.30. The van der Waals surface area contributed by atoms with E-state index in [1.54, 1.807) is 30.1 Å². The fourth-order valence-electron chi connectivity index (χ4n) is 2.90. The predicted molar refractivity (Wildman–Crippen MR) is 89.6 cm³/mol. The number of hydrogen-bond acceptors (Lipinski definition) is 4. The number of carbonyl (C=O) groups is 2. The van der Waals surface area contributed by atoms with Crippen LogP contribution >= 0.6 is 11.6 Å². The molecule has 1 atom stereocenters. The number of nitrogens with one attached hydrogen (secondary N) is 1. The monoisotopic (exact) mass is 347 g/mol. The van der Waals surface area contributed by atoms with E-state index in [0.717, 1.165) is 18.4 Å². The maximum Gasteiger partial charge on any atom is 0.292 e. The number of rotatable bonds is 3. The number of amides is 2. The van der Waals surface area contributed by atoms with Crippen molar-refractivity contribution < 1.29 is 14.1 Å². The molecule has 0 unspecified atom stereocenters. The number of hydrogen-bond donors (Lipinski definition) is 1. The summed E-state index contributed by atoms with van der Waals surface area (Å²) in [6, 6.07) is 8.80. The molecule has 1 saturated heterocycles. The Morgan fingerprint density at radius 2 is 2.21 bits per heavy atom. The highest BCUT2D eigenvalue weighted by molar-refractivity contribution is 6.30. The number of carbonyl (C=O) groups excluding carboxylic acids is 2. The maximum absolute atomic E-state index is 12.6. The van der Waals surface area contributed by atoms with Gasteiger partial charge in [0.1, 0.15) is 5.69 Å². The Labute approximate surface area is 144 Å². The number of aromatic nitrogens is 1. The number of likely N-dealkylation sites (tertiary alicyclic amines) is 1. The standard InChI is InChI=1S/C17H18ClN3O3/c1-19-16(22)12-5-3-7-21(10-12)17(23)15-9-14(20-24-15)11-4-2-6-13(18)8-11/h2,4,6,8-9,12H,3,5,7,10H2,1H3,(H,19,22)/t12-/m0/s1. The molecule has 2 aromatic rings. The van der Waals surface area contributed by atoms with Crippen LogP contribution in [0.4, 0.5) is 0 Å². The normalized spacial score (nSPS) is 17.6. The zero-order valence-corrected chi connectivity index (χ0v) is 14.0. The Bertz CT molecular complexity index is 759. The first-order valence-electron chi connectivity index (χ1n) is 7.82. The van der Waals surface area contributed by atoms with Crippen LogP contribution in [-0.4, -0.2) is 42.0 Å². The van der Waals surface area contributed by atoms with Crippen molar-refractivity contribution >= 4 is 23.4 Å². The highest BCUT2D eigenvalue weighted by Crippen LogP contribution is 2.24. The second-order valence-electron chi connectivity index (χ2n) is 5.79. The lowest BCUT2D eigenvalue weighted by Gasteiger charge is -2.31. The summed E-state index contributed by atoms with van der Waals surface area (Å²) in [5.41, 5.74) is 1.34. The van der Waals surface area contributed by atoms with Crippen molar-refractivity contribution in [1.82, 2.24) is 15.4 Å². The molecule has 1 aromatic carbocycles. The van der Waals surface area contributed by atoms with Gasteiger partial charge in [0.15, 0.2) is 0 Å². The number of piperidine rings is 1. The predicted octanol–water partition coefficient (Wildman–Crippen LogP) is 2.59. The molecular weight excluding hydrogens is 330 g/mol. The van der Waals surface area contributed by atoms with Gasteiger partial charge in [0.2, 0.25) is 11.7 Å². The molecule has 1 aliphatic heterocycles. The first kappa shape index (κ1) is 16.5. The zero-order chi connectivity index (χ0) is 17.1. The minimum Gasteiger partial charge on any atom is -0.359 e. The Hall–Kier alpha value is -2.34. The van der Waals surface area contributed by atoms with E-state index in [1.165, 1.54) is 0 Å². The third-order valence-electron chi connectivity index (χ3n) is 4.17. The SMILES string of the molecule is CNC(=O)[C@H]1CCCN(C(=O)c2cc(-c3cccc(Cl)c3)no2)C1. The minimum absolute atomic E-state index is 0.0373. The maximum atomic E-state index is 12.6. The van der Waals surface area contributed by atoms with Gasteiger partial charge in [-0.05, 0) is 25.0 Å². The molecule has 3 rings (SSSR count). The summed E-state index contributed by atoms with van der Waals surface area (Å²) in [7, 11) is 1.61. The summed E-state index contributed by atoms with van der Waals surface area (Å²) < 4.78 is 5.21. The Morgan fingerprint density at radius 1 is 1.38 bits per heavy atom. The van der Waals surface area contributed by atoms with Crippen molar-refractivity contribution in [3.05, 3.63) is 41.1 Å². The van der Waals surface area contributed by atoms with Crippen LogP contribution < -0.4 is 5.32 Å². The topological polar surface area (TPSA) is 75.4 Å². The fourth-order valence-corrected chi connectivity index (χ4v) is 3.09. The van der Waals surface area contributed by atoms with E-state index in [0.29, 0.717) is 23.8 Å². The molecule has 7 heteroatoms. The van der Waals surface area contributed by atoms with Crippen molar-refractivity contribution in [2.24, 2.45) is 5.92 Å². The molecule has 0 radical (unpaired) electrons. The summed E-state index contributed by atoms with van der Waals surface area (Å²) in [5, 5.41) is 7.18. The van der Waals surface area contributed by atoms with Gasteiger partial charge in [-0.25, -0.2) is 0 Å². The van der Waals surface area contributed by atoms with E-state index in [-0.39, 0.29) is 23.5 Å². The third kappa shape index (κ3) is 3.43. The van der Waals surface area contributed by atoms with Gasteiger partial charge < -0.3 is 14.7 Å². The van der Waals surface area contributed by atoms with Crippen LogP contribution in [0.5, 0.6) is 0 Å². The molecule has 1 N–H and O–H groups in total. The second-order valence-corrected chi connectivity index (χ2v) is 6.23. The molecule has 1 aromatic heterocycles. The summed E-state index contributed by atoms with van der Waals surface area (Å²) in [4.78, 5) is 26.0. The van der Waals surface area contributed by atoms with Gasteiger partial charge in [-0.1, -0.05) is 28.9 Å². The molecule has 0 saturated carbocycles. The van der Waals surface area contributed by atoms with Crippen LogP contribution in [0, 0.1) is 5.92 Å². The average molecular weight is 348 g/mol. The average Bonchev–Trinajstić information content (AvgIpc) is 3.10. The van der Waals surface area contributed by atoms with Crippen LogP contribution in [0.1, 0.15) is 23.4 Å². The lowest BCUT2D eigenvalue weighted by Crippen LogP contribution is -2.44. The number of halogens is 1. The summed E-state index contributed by atoms with van der Waals surface area (Å²) in [6.07, 6.45) is 1.58. The first-order valence-corrected chi connectivity index (χ1v) is 8.20. The number of benzene rings is 1. The summed E-state index contributed by atoms with van der Waals surface area (Å²) in [5.74, 6) is -0.292. The molecule has 2 amide bonds. The second kappa shape index (κ2) is 7.05. The molecule has 0 aliphatic carbocycles. The van der Waals surface area contributed by atoms with Crippen molar-refractivity contribution in [3.63, 3.8) is 0 Å². The quantitative estimate of drug-likeness (QED) is 0.926. The zero-order valence-electron chi connectivity index (χ0n) is 13.3. The van der Waals surface area contributed by atoms with Crippen LogP contribution in [0.2, 0.25) is 5.02 Å². The molecule has 6 nitrogen and oxygen atoms in total. The van der Waals surface area contributed by atoms with Crippen molar-refractivity contribution in [1.29, 1.82) is 0 Å². The van der Waals surface area contributed by atoms with Crippen LogP contribution in [0.15, 0.2) is 34.9 Å². The largest absolute Gasteiger partial charge is 0.359 e. The smallest absolute Gasteiger partial charge is 0.292 e. The van der Waals surface area contributed by atoms with Crippen LogP contribution in [-0.2, 0) is 4.79 Å². The fraction of sp³-hybridized carbons (Fsp3) is 0.353. The molecule has 1 fully saturated rings. The van der Waals surface area contributed by atoms with Crippen LogP contribution in [0.3, 0.4) is 0 Å². The molecule has 0 spiro atoms. The summed E-state index contributed by atoms with van der Waals surface area (Å²) >= 11 is 5.97. The van der Waals surface area contributed by atoms with Crippen molar-refractivity contribution in [2.45, 2.75) is 12.8 Å². The Kier molecular flexibility index (Phi) is 4.85. The van der Waals surface area contributed by atoms with Crippen molar-refractivity contribution in [3.8, 4) is 11.3 Å². The van der Waals surface area contributed by atoms with E-state index in [9.17, 15) is 9.59 Å². The van der Waals surface area contributed by atoms with E-state index in [2.05, 4.69) is 10.5 Å². The van der Waals surface area contributed by atoms with Crippen LogP contribution in [0.25, 0.3) is 11.3 Å². The lowest BCUT2D eigenvalue weighted by atomic mass is 9.97. The molecule has 0 bridgehead atoms. The highest BCUT2D eigenvalue weighted by atomic mass is 35.5. The van der Waals surface area contributed by atoms with Gasteiger partial charge >= 0.3 is 0 Å². The Balaban J connectivity index is 1.75. The van der Waals surface area contributed by atoms with Crippen molar-refractivity contribution in [2.75, 3.05) is 20.1 Å². The minimum atomic E-state index is -0.246. The van der Waals surface area contributed by atoms with E-state index in [4.69, 9.17) is 16.1 Å². The van der Waals surface area contributed by atoms with E-state index in [1.807, 2.05) is 12.1 Å². The lowest BCUT2D eigenvalue weighted by molar-refractivity contribution is -0.125. The van der Waals surface area contributed by atoms with E-state index >= 15 is 0 Å². The summed E-state index contributed by atoms with van der Waals surface area (Å²) in [6.45, 7) is 1.01. The Morgan fingerprint density at radius 3 is 2.96 bits per heavy atom. The molecular formula is C17H18ClN3O3. The first-order chi connectivity index (χ1) is 11.6.